The van der Waals surface area contributed by atoms with Crippen LogP contribution in [0.25, 0.3) is 28.6 Å². The van der Waals surface area contributed by atoms with Crippen molar-refractivity contribution < 1.29 is 4.74 Å². The van der Waals surface area contributed by atoms with E-state index in [9.17, 15) is 0 Å². The van der Waals surface area contributed by atoms with Crippen molar-refractivity contribution >= 4 is 11.6 Å². The molecule has 0 saturated heterocycles. The van der Waals surface area contributed by atoms with Crippen LogP contribution in [0, 0.1) is 0 Å². The van der Waals surface area contributed by atoms with Crippen molar-refractivity contribution in [2.24, 2.45) is 0 Å². The summed E-state index contributed by atoms with van der Waals surface area (Å²) in [5, 5.41) is 9.33. The Balaban J connectivity index is 1.81. The van der Waals surface area contributed by atoms with Crippen LogP contribution in [0.15, 0.2) is 36.9 Å². The molecule has 1 aliphatic heterocycles. The summed E-state index contributed by atoms with van der Waals surface area (Å²) in [6.07, 6.45) is 5.30. The minimum Gasteiger partial charge on any atom is -0.377 e. The number of hydrogen-bond acceptors (Lipinski definition) is 5. The molecule has 9 heteroatoms. The lowest BCUT2D eigenvalue weighted by Crippen LogP contribution is -2.09. The van der Waals surface area contributed by atoms with Gasteiger partial charge in [0, 0.05) is 30.1 Å². The average Bonchev–Trinajstić information content (AvgIpc) is 3.35. The highest BCUT2D eigenvalue weighted by atomic mass is 35.5. The van der Waals surface area contributed by atoms with Gasteiger partial charge < -0.3 is 14.3 Å². The molecule has 0 fully saturated rings. The Morgan fingerprint density at radius 3 is 3.00 bits per heavy atom. The van der Waals surface area contributed by atoms with Crippen LogP contribution in [-0.4, -0.2) is 41.4 Å². The quantitative estimate of drug-likeness (QED) is 0.529. The Labute approximate surface area is 153 Å². The van der Waals surface area contributed by atoms with Crippen LogP contribution in [-0.2, 0) is 17.9 Å². The van der Waals surface area contributed by atoms with E-state index in [1.807, 2.05) is 22.8 Å². The smallest absolute Gasteiger partial charge is 0.166 e. The summed E-state index contributed by atoms with van der Waals surface area (Å²) < 4.78 is 9.37. The first-order chi connectivity index (χ1) is 12.8. The fraction of sp³-hybridized carbons (Fsp3) is 0.176. The molecule has 0 bridgehead atoms. The predicted molar refractivity (Wildman–Crippen MR) is 95.0 cm³/mol. The number of benzene rings is 1. The molecule has 8 nitrogen and oxygen atoms in total. The van der Waals surface area contributed by atoms with Gasteiger partial charge in [-0.3, -0.25) is 4.57 Å². The number of rotatable bonds is 3. The largest absolute Gasteiger partial charge is 0.377 e. The fourth-order valence-corrected chi connectivity index (χ4v) is 3.48. The lowest BCUT2D eigenvalue weighted by atomic mass is 10.1. The average molecular weight is 368 g/mol. The number of hydrogen-bond donors (Lipinski definition) is 1. The second-order valence-electron chi connectivity index (χ2n) is 5.97. The highest BCUT2D eigenvalue weighted by Gasteiger charge is 2.27. The van der Waals surface area contributed by atoms with Crippen LogP contribution in [0.2, 0.25) is 5.02 Å². The van der Waals surface area contributed by atoms with Crippen molar-refractivity contribution in [3.05, 3.63) is 53.5 Å². The van der Waals surface area contributed by atoms with Crippen molar-refractivity contribution in [3.8, 4) is 28.6 Å². The van der Waals surface area contributed by atoms with E-state index in [2.05, 4.69) is 29.7 Å². The van der Waals surface area contributed by atoms with Crippen molar-refractivity contribution in [2.45, 2.75) is 13.2 Å². The van der Waals surface area contributed by atoms with Gasteiger partial charge in [0.2, 0.25) is 0 Å². The van der Waals surface area contributed by atoms with Crippen LogP contribution in [0.5, 0.6) is 0 Å². The highest BCUT2D eigenvalue weighted by molar-refractivity contribution is 6.31. The molecule has 0 atom stereocenters. The van der Waals surface area contributed by atoms with Crippen LogP contribution >= 0.6 is 11.6 Å². The molecule has 5 rings (SSSR count). The second-order valence-corrected chi connectivity index (χ2v) is 6.40. The SMILES string of the molecule is COCc1nnc2n1Cc1c(-c3ncc[nH]3)ncn1-c1ccc(Cl)cc1-2. The molecule has 130 valence electrons. The molecule has 0 unspecified atom stereocenters. The molecule has 0 amide bonds. The van der Waals surface area contributed by atoms with Crippen LogP contribution in [0.1, 0.15) is 11.5 Å². The molecule has 1 aromatic carbocycles. The summed E-state index contributed by atoms with van der Waals surface area (Å²) in [5.41, 5.74) is 3.62. The summed E-state index contributed by atoms with van der Waals surface area (Å²) in [4.78, 5) is 12.1. The van der Waals surface area contributed by atoms with Gasteiger partial charge in [-0.2, -0.15) is 0 Å². The minimum atomic E-state index is 0.368. The van der Waals surface area contributed by atoms with E-state index in [4.69, 9.17) is 16.3 Å². The topological polar surface area (TPSA) is 86.4 Å². The summed E-state index contributed by atoms with van der Waals surface area (Å²) in [7, 11) is 1.64. The zero-order valence-corrected chi connectivity index (χ0v) is 14.6. The van der Waals surface area contributed by atoms with Crippen molar-refractivity contribution in [1.82, 2.24) is 34.3 Å². The predicted octanol–water partition coefficient (Wildman–Crippen LogP) is 2.68. The number of nitrogens with one attached hydrogen (secondary N) is 1. The number of aromatic nitrogens is 7. The molecule has 0 saturated carbocycles. The third-order valence-electron chi connectivity index (χ3n) is 4.46. The Hall–Kier alpha value is -2.97. The lowest BCUT2D eigenvalue weighted by Gasteiger charge is -2.09. The van der Waals surface area contributed by atoms with E-state index in [-0.39, 0.29) is 0 Å². The maximum atomic E-state index is 6.26. The van der Waals surface area contributed by atoms with E-state index < -0.39 is 0 Å². The number of methoxy groups -OCH3 is 1. The highest BCUT2D eigenvalue weighted by Crippen LogP contribution is 2.35. The maximum absolute atomic E-state index is 6.26. The Morgan fingerprint density at radius 2 is 2.19 bits per heavy atom. The van der Waals surface area contributed by atoms with Crippen molar-refractivity contribution in [3.63, 3.8) is 0 Å². The maximum Gasteiger partial charge on any atom is 0.166 e. The third kappa shape index (κ3) is 2.19. The van der Waals surface area contributed by atoms with Gasteiger partial charge in [0.15, 0.2) is 17.5 Å². The Bertz CT molecular complexity index is 1100. The van der Waals surface area contributed by atoms with Gasteiger partial charge in [0.1, 0.15) is 18.6 Å². The first-order valence-electron chi connectivity index (χ1n) is 8.03. The standard InChI is InChI=1S/C17H14ClN7O/c1-26-8-14-22-23-17-11-6-10(18)2-3-12(11)25-9-21-15(13(25)7-24(14)17)16-19-4-5-20-16/h2-6,9H,7-8H2,1H3,(H,19,20). The van der Waals surface area contributed by atoms with Crippen LogP contribution < -0.4 is 0 Å². The lowest BCUT2D eigenvalue weighted by molar-refractivity contribution is 0.174. The molecular formula is C17H14ClN7O. The van der Waals surface area contributed by atoms with Gasteiger partial charge in [-0.05, 0) is 18.2 Å². The number of ether oxygens (including phenoxy) is 1. The first-order valence-corrected chi connectivity index (χ1v) is 8.41. The van der Waals surface area contributed by atoms with Gasteiger partial charge in [-0.15, -0.1) is 10.2 Å². The van der Waals surface area contributed by atoms with Crippen LogP contribution in [0.3, 0.4) is 0 Å². The minimum absolute atomic E-state index is 0.368. The zero-order valence-electron chi connectivity index (χ0n) is 13.8. The van der Waals surface area contributed by atoms with Gasteiger partial charge in [0.05, 0.1) is 17.9 Å². The third-order valence-corrected chi connectivity index (χ3v) is 4.69. The number of H-pyrrole nitrogens is 1. The van der Waals surface area contributed by atoms with E-state index in [0.717, 1.165) is 40.1 Å². The van der Waals surface area contributed by atoms with Gasteiger partial charge >= 0.3 is 0 Å². The van der Waals surface area contributed by atoms with Crippen molar-refractivity contribution in [1.29, 1.82) is 0 Å². The van der Waals surface area contributed by atoms with E-state index in [0.29, 0.717) is 18.2 Å². The zero-order chi connectivity index (χ0) is 17.7. The molecule has 3 aromatic heterocycles. The fourth-order valence-electron chi connectivity index (χ4n) is 3.31. The molecule has 26 heavy (non-hydrogen) atoms. The second kappa shape index (κ2) is 5.79. The van der Waals surface area contributed by atoms with Crippen LogP contribution in [0.4, 0.5) is 0 Å². The van der Waals surface area contributed by atoms with Gasteiger partial charge in [-0.25, -0.2) is 9.97 Å². The molecule has 0 spiro atoms. The number of aromatic amines is 1. The number of fused-ring (bicyclic) bond motifs is 5. The van der Waals surface area contributed by atoms with Gasteiger partial charge in [-0.1, -0.05) is 11.6 Å². The summed E-state index contributed by atoms with van der Waals surface area (Å²) in [6, 6.07) is 5.73. The molecule has 4 aromatic rings. The molecule has 1 N–H and O–H groups in total. The van der Waals surface area contributed by atoms with E-state index >= 15 is 0 Å². The Morgan fingerprint density at radius 1 is 1.27 bits per heavy atom. The first kappa shape index (κ1) is 15.3. The molecule has 4 heterocycles. The van der Waals surface area contributed by atoms with Crippen molar-refractivity contribution in [2.75, 3.05) is 7.11 Å². The Kier molecular flexibility index (Phi) is 3.41. The molecule has 1 aliphatic rings. The summed E-state index contributed by atoms with van der Waals surface area (Å²) in [6.45, 7) is 0.913. The molecule has 0 radical (unpaired) electrons. The van der Waals surface area contributed by atoms with Gasteiger partial charge in [0.25, 0.3) is 0 Å². The number of halogens is 1. The summed E-state index contributed by atoms with van der Waals surface area (Å²) in [5.74, 6) is 2.22. The van der Waals surface area contributed by atoms with E-state index in [1.165, 1.54) is 0 Å². The number of imidazole rings is 2. The van der Waals surface area contributed by atoms with E-state index in [1.54, 1.807) is 25.8 Å². The monoisotopic (exact) mass is 367 g/mol. The molecular weight excluding hydrogens is 354 g/mol. The normalized spacial score (nSPS) is 12.4. The summed E-state index contributed by atoms with van der Waals surface area (Å²) >= 11 is 6.26. The molecule has 0 aliphatic carbocycles. The number of nitrogens with zero attached hydrogens (tertiary/aromatic N) is 6.